The van der Waals surface area contributed by atoms with Crippen LogP contribution < -0.4 is 0 Å². The molecule has 1 aromatic rings. The standard InChI is InChI=1S/C11H14O2/c1-11(2)8(5-6-10(11)12)9-4-3-7-13-9/h3-4,7-8H,5-6H2,1-2H3. The van der Waals surface area contributed by atoms with Crippen molar-refractivity contribution in [3.05, 3.63) is 24.2 Å². The van der Waals surface area contributed by atoms with Crippen LogP contribution in [0.15, 0.2) is 22.8 Å². The summed E-state index contributed by atoms with van der Waals surface area (Å²) in [4.78, 5) is 11.6. The van der Waals surface area contributed by atoms with Crippen molar-refractivity contribution in [3.63, 3.8) is 0 Å². The van der Waals surface area contributed by atoms with Crippen LogP contribution in [0.5, 0.6) is 0 Å². The smallest absolute Gasteiger partial charge is 0.139 e. The monoisotopic (exact) mass is 178 g/mol. The Morgan fingerprint density at radius 1 is 1.54 bits per heavy atom. The second-order valence-corrected chi connectivity index (χ2v) is 4.25. The molecule has 2 rings (SSSR count). The lowest BCUT2D eigenvalue weighted by atomic mass is 9.80. The van der Waals surface area contributed by atoms with Gasteiger partial charge in [-0.2, -0.15) is 0 Å². The molecule has 1 heterocycles. The van der Waals surface area contributed by atoms with Crippen molar-refractivity contribution in [1.29, 1.82) is 0 Å². The summed E-state index contributed by atoms with van der Waals surface area (Å²) < 4.78 is 5.35. The Kier molecular flexibility index (Phi) is 1.79. The van der Waals surface area contributed by atoms with E-state index >= 15 is 0 Å². The largest absolute Gasteiger partial charge is 0.469 e. The topological polar surface area (TPSA) is 30.2 Å². The minimum atomic E-state index is -0.238. The molecule has 1 aliphatic carbocycles. The summed E-state index contributed by atoms with van der Waals surface area (Å²) in [6.07, 6.45) is 3.30. The molecule has 1 saturated carbocycles. The number of carbonyl (C=O) groups excluding carboxylic acids is 1. The first-order chi connectivity index (χ1) is 6.12. The molecule has 0 radical (unpaired) electrons. The molecule has 0 spiro atoms. The van der Waals surface area contributed by atoms with Crippen molar-refractivity contribution in [2.45, 2.75) is 32.6 Å². The summed E-state index contributed by atoms with van der Waals surface area (Å²) in [6, 6.07) is 3.85. The van der Waals surface area contributed by atoms with E-state index in [1.54, 1.807) is 6.26 Å². The number of furan rings is 1. The molecule has 2 nitrogen and oxygen atoms in total. The van der Waals surface area contributed by atoms with Crippen molar-refractivity contribution in [2.24, 2.45) is 5.41 Å². The van der Waals surface area contributed by atoms with Crippen molar-refractivity contribution in [1.82, 2.24) is 0 Å². The lowest BCUT2D eigenvalue weighted by Gasteiger charge is -2.23. The van der Waals surface area contributed by atoms with Crippen LogP contribution in [0.3, 0.4) is 0 Å². The molecule has 1 atom stereocenters. The summed E-state index contributed by atoms with van der Waals surface area (Å²) in [5.74, 6) is 1.58. The molecule has 0 amide bonds. The molecule has 0 saturated heterocycles. The molecule has 1 aliphatic rings. The van der Waals surface area contributed by atoms with Gasteiger partial charge in [0.1, 0.15) is 11.5 Å². The van der Waals surface area contributed by atoms with E-state index in [1.807, 2.05) is 26.0 Å². The third kappa shape index (κ3) is 1.21. The Morgan fingerprint density at radius 3 is 2.77 bits per heavy atom. The summed E-state index contributed by atoms with van der Waals surface area (Å²) in [7, 11) is 0. The number of carbonyl (C=O) groups is 1. The lowest BCUT2D eigenvalue weighted by Crippen LogP contribution is -2.23. The maximum atomic E-state index is 11.6. The van der Waals surface area contributed by atoms with Gasteiger partial charge in [-0.05, 0) is 18.6 Å². The average molecular weight is 178 g/mol. The number of ketones is 1. The molecule has 13 heavy (non-hydrogen) atoms. The first-order valence-electron chi connectivity index (χ1n) is 4.69. The van der Waals surface area contributed by atoms with Crippen LogP contribution in [0.2, 0.25) is 0 Å². The van der Waals surface area contributed by atoms with E-state index in [9.17, 15) is 4.79 Å². The van der Waals surface area contributed by atoms with Gasteiger partial charge in [-0.25, -0.2) is 0 Å². The highest BCUT2D eigenvalue weighted by molar-refractivity contribution is 5.87. The van der Waals surface area contributed by atoms with Gasteiger partial charge in [0.05, 0.1) is 6.26 Å². The number of hydrogen-bond acceptors (Lipinski definition) is 2. The fourth-order valence-corrected chi connectivity index (χ4v) is 2.14. The van der Waals surface area contributed by atoms with Gasteiger partial charge in [-0.1, -0.05) is 13.8 Å². The van der Waals surface area contributed by atoms with Gasteiger partial charge in [-0.3, -0.25) is 4.79 Å². The van der Waals surface area contributed by atoms with Gasteiger partial charge >= 0.3 is 0 Å². The van der Waals surface area contributed by atoms with E-state index < -0.39 is 0 Å². The Balaban J connectivity index is 2.32. The van der Waals surface area contributed by atoms with E-state index in [0.717, 1.165) is 12.2 Å². The molecule has 1 fully saturated rings. The molecule has 1 unspecified atom stereocenters. The molecule has 70 valence electrons. The molecular weight excluding hydrogens is 164 g/mol. The Hall–Kier alpha value is -1.05. The summed E-state index contributed by atoms with van der Waals surface area (Å²) in [5.41, 5.74) is -0.238. The predicted octanol–water partition coefficient (Wildman–Crippen LogP) is 2.75. The average Bonchev–Trinajstić information content (AvgIpc) is 2.62. The van der Waals surface area contributed by atoms with Gasteiger partial charge < -0.3 is 4.42 Å². The molecule has 0 N–H and O–H groups in total. The van der Waals surface area contributed by atoms with E-state index in [-0.39, 0.29) is 11.3 Å². The van der Waals surface area contributed by atoms with E-state index in [0.29, 0.717) is 12.2 Å². The highest BCUT2D eigenvalue weighted by Gasteiger charge is 2.43. The first kappa shape index (κ1) is 8.54. The zero-order valence-electron chi connectivity index (χ0n) is 8.04. The Morgan fingerprint density at radius 2 is 2.31 bits per heavy atom. The van der Waals surface area contributed by atoms with E-state index in [4.69, 9.17) is 4.42 Å². The van der Waals surface area contributed by atoms with Gasteiger partial charge in [0.2, 0.25) is 0 Å². The fourth-order valence-electron chi connectivity index (χ4n) is 2.14. The number of hydrogen-bond donors (Lipinski definition) is 0. The van der Waals surface area contributed by atoms with Crippen molar-refractivity contribution in [3.8, 4) is 0 Å². The van der Waals surface area contributed by atoms with Crippen molar-refractivity contribution in [2.75, 3.05) is 0 Å². The minimum absolute atomic E-state index is 0.238. The second kappa shape index (κ2) is 2.72. The SMILES string of the molecule is CC1(C)C(=O)CCC1c1ccco1. The minimum Gasteiger partial charge on any atom is -0.469 e. The van der Waals surface area contributed by atoms with Crippen LogP contribution in [-0.4, -0.2) is 5.78 Å². The van der Waals surface area contributed by atoms with E-state index in [1.165, 1.54) is 0 Å². The molecule has 0 aromatic carbocycles. The third-order valence-electron chi connectivity index (χ3n) is 3.14. The molecule has 0 aliphatic heterocycles. The van der Waals surface area contributed by atoms with Crippen LogP contribution in [-0.2, 0) is 4.79 Å². The Bertz CT molecular complexity index is 309. The van der Waals surface area contributed by atoms with Crippen LogP contribution in [0, 0.1) is 5.41 Å². The van der Waals surface area contributed by atoms with Crippen LogP contribution in [0.4, 0.5) is 0 Å². The summed E-state index contributed by atoms with van der Waals surface area (Å²) in [6.45, 7) is 4.02. The van der Waals surface area contributed by atoms with Gasteiger partial charge in [-0.15, -0.1) is 0 Å². The Labute approximate surface area is 77.9 Å². The van der Waals surface area contributed by atoms with Crippen molar-refractivity contribution >= 4 is 5.78 Å². The highest BCUT2D eigenvalue weighted by Crippen LogP contribution is 2.46. The van der Waals surface area contributed by atoms with E-state index in [2.05, 4.69) is 0 Å². The molecule has 0 bridgehead atoms. The third-order valence-corrected chi connectivity index (χ3v) is 3.14. The zero-order valence-corrected chi connectivity index (χ0v) is 8.04. The summed E-state index contributed by atoms with van der Waals surface area (Å²) >= 11 is 0. The van der Waals surface area contributed by atoms with Crippen LogP contribution in [0.1, 0.15) is 38.4 Å². The highest BCUT2D eigenvalue weighted by atomic mass is 16.3. The van der Waals surface area contributed by atoms with Gasteiger partial charge in [0, 0.05) is 17.8 Å². The quantitative estimate of drug-likeness (QED) is 0.661. The van der Waals surface area contributed by atoms with Crippen molar-refractivity contribution < 1.29 is 9.21 Å². The zero-order chi connectivity index (χ0) is 9.47. The molecule has 2 heteroatoms. The fraction of sp³-hybridized carbons (Fsp3) is 0.545. The number of rotatable bonds is 1. The van der Waals surface area contributed by atoms with Crippen LogP contribution in [0.25, 0.3) is 0 Å². The normalized spacial score (nSPS) is 26.6. The maximum Gasteiger partial charge on any atom is 0.139 e. The van der Waals surface area contributed by atoms with Gasteiger partial charge in [0.15, 0.2) is 0 Å². The summed E-state index contributed by atoms with van der Waals surface area (Å²) in [5, 5.41) is 0. The second-order valence-electron chi connectivity index (χ2n) is 4.25. The maximum absolute atomic E-state index is 11.6. The number of Topliss-reactive ketones (excluding diaryl/α,β-unsaturated/α-hetero) is 1. The lowest BCUT2D eigenvalue weighted by molar-refractivity contribution is -0.124. The van der Waals surface area contributed by atoms with Crippen LogP contribution >= 0.6 is 0 Å². The predicted molar refractivity (Wildman–Crippen MR) is 49.5 cm³/mol. The molecule has 1 aromatic heterocycles. The first-order valence-corrected chi connectivity index (χ1v) is 4.69. The van der Waals surface area contributed by atoms with Gasteiger partial charge in [0.25, 0.3) is 0 Å². The molecular formula is C11H14O2.